The summed E-state index contributed by atoms with van der Waals surface area (Å²) in [5.74, 6) is -3.22. The Kier molecular flexibility index (Phi) is 15.0. The van der Waals surface area contributed by atoms with Gasteiger partial charge in [-0.15, -0.1) is 0 Å². The predicted octanol–water partition coefficient (Wildman–Crippen LogP) is 4.62. The van der Waals surface area contributed by atoms with E-state index in [1.54, 1.807) is 0 Å². The summed E-state index contributed by atoms with van der Waals surface area (Å²) in [6.45, 7) is 17.3. The predicted molar refractivity (Wildman–Crippen MR) is 136 cm³/mol. The molecule has 0 aliphatic heterocycles. The van der Waals surface area contributed by atoms with Crippen LogP contribution in [-0.4, -0.2) is 60.7 Å². The van der Waals surface area contributed by atoms with Crippen molar-refractivity contribution >= 4 is 22.1 Å². The van der Waals surface area contributed by atoms with Gasteiger partial charge in [-0.3, -0.25) is 4.55 Å². The normalized spacial score (nSPS) is 11.6. The summed E-state index contributed by atoms with van der Waals surface area (Å²) in [6, 6.07) is 0.803. The van der Waals surface area contributed by atoms with E-state index in [0.717, 1.165) is 13.0 Å². The zero-order chi connectivity index (χ0) is 27.2. The van der Waals surface area contributed by atoms with Crippen LogP contribution in [0.4, 0.5) is 0 Å². The van der Waals surface area contributed by atoms with Crippen LogP contribution in [0.3, 0.4) is 0 Å². The molecule has 0 aromatic heterocycles. The lowest BCUT2D eigenvalue weighted by molar-refractivity contribution is -0.929. The Labute approximate surface area is 211 Å². The van der Waals surface area contributed by atoms with Crippen molar-refractivity contribution in [3.8, 4) is 0 Å². The monoisotopic (exact) mass is 515 g/mol. The lowest BCUT2D eigenvalue weighted by atomic mass is 10.00. The van der Waals surface area contributed by atoms with Crippen LogP contribution in [0, 0.1) is 13.8 Å². The molecule has 0 spiro atoms. The lowest BCUT2D eigenvalue weighted by Gasteiger charge is -2.39. The highest BCUT2D eigenvalue weighted by Gasteiger charge is 2.25. The van der Waals surface area contributed by atoms with Gasteiger partial charge in [-0.1, -0.05) is 53.4 Å². The SMILES string of the molecule is CCCC[N+](CCCC)(CCCC)CCCC.Cc1c(C(=O)[O-])cc(C(=O)O)c(C)c1S(=O)(=O)O. The number of unbranched alkanes of at least 4 members (excludes halogenated alkanes) is 4. The first-order valence-electron chi connectivity index (χ1n) is 12.7. The fourth-order valence-electron chi connectivity index (χ4n) is 4.35. The number of hydrogen-bond acceptors (Lipinski definition) is 5. The summed E-state index contributed by atoms with van der Waals surface area (Å²) in [5.41, 5.74) is -1.61. The van der Waals surface area contributed by atoms with E-state index in [1.807, 2.05) is 0 Å². The first-order chi connectivity index (χ1) is 16.3. The molecule has 0 bridgehead atoms. The standard InChI is InChI=1S/C16H36N.C10H10O7S/c1-5-9-13-17(14-10-6-2,15-11-7-3)16-12-8-4;1-4-6(9(11)12)3-7(10(13)14)5(2)8(4)18(15,16)17/h5-16H2,1-4H3;3H,1-2H3,(H,11,12)(H,13,14)(H,15,16,17)/q+1;/p-1. The third kappa shape index (κ3) is 10.7. The van der Waals surface area contributed by atoms with Crippen LogP contribution in [0.2, 0.25) is 0 Å². The number of aromatic carboxylic acids is 2. The number of rotatable bonds is 15. The van der Waals surface area contributed by atoms with E-state index < -0.39 is 38.1 Å². The number of nitrogens with zero attached hydrogens (tertiary/aromatic N) is 1. The summed E-state index contributed by atoms with van der Waals surface area (Å²) in [7, 11) is -4.73. The highest BCUT2D eigenvalue weighted by atomic mass is 32.2. The van der Waals surface area contributed by atoms with E-state index >= 15 is 0 Å². The Morgan fingerprint density at radius 3 is 1.40 bits per heavy atom. The maximum atomic E-state index is 11.2. The number of carboxylic acids is 2. The van der Waals surface area contributed by atoms with Crippen molar-refractivity contribution in [1.82, 2.24) is 0 Å². The molecule has 2 N–H and O–H groups in total. The number of hydrogen-bond donors (Lipinski definition) is 2. The molecule has 1 aromatic rings. The van der Waals surface area contributed by atoms with Gasteiger partial charge >= 0.3 is 5.97 Å². The fourth-order valence-corrected chi connectivity index (χ4v) is 5.35. The summed E-state index contributed by atoms with van der Waals surface area (Å²) < 4.78 is 32.8. The second-order valence-corrected chi connectivity index (χ2v) is 10.6. The van der Waals surface area contributed by atoms with Crippen LogP contribution in [0.1, 0.15) is 111 Å². The summed E-state index contributed by atoms with van der Waals surface area (Å²) in [6.07, 6.45) is 11.1. The molecule has 1 aromatic carbocycles. The van der Waals surface area contributed by atoms with Gasteiger partial charge in [-0.2, -0.15) is 8.42 Å². The molecule has 8 nitrogen and oxygen atoms in total. The number of quaternary nitrogens is 1. The molecule has 0 saturated heterocycles. The van der Waals surface area contributed by atoms with Crippen molar-refractivity contribution in [2.24, 2.45) is 0 Å². The van der Waals surface area contributed by atoms with E-state index in [2.05, 4.69) is 27.7 Å². The van der Waals surface area contributed by atoms with Crippen molar-refractivity contribution in [2.45, 2.75) is 97.8 Å². The maximum Gasteiger partial charge on any atom is 0.336 e. The van der Waals surface area contributed by atoms with Crippen molar-refractivity contribution < 1.29 is 37.3 Å². The van der Waals surface area contributed by atoms with E-state index in [4.69, 9.17) is 9.66 Å². The van der Waals surface area contributed by atoms with Gasteiger partial charge in [0.2, 0.25) is 0 Å². The van der Waals surface area contributed by atoms with Crippen molar-refractivity contribution in [3.63, 3.8) is 0 Å². The Bertz CT molecular complexity index is 850. The van der Waals surface area contributed by atoms with Gasteiger partial charge in [0, 0.05) is 5.56 Å². The smallest absolute Gasteiger partial charge is 0.336 e. The van der Waals surface area contributed by atoms with E-state index in [0.29, 0.717) is 0 Å². The third-order valence-electron chi connectivity index (χ3n) is 6.43. The van der Waals surface area contributed by atoms with Gasteiger partial charge in [0.15, 0.2) is 0 Å². The van der Waals surface area contributed by atoms with Crippen LogP contribution in [0.15, 0.2) is 11.0 Å². The maximum absolute atomic E-state index is 11.2. The average Bonchev–Trinajstić information content (AvgIpc) is 2.77. The third-order valence-corrected chi connectivity index (χ3v) is 7.56. The summed E-state index contributed by atoms with van der Waals surface area (Å²) >= 11 is 0. The minimum atomic E-state index is -4.73. The quantitative estimate of drug-likeness (QED) is 0.257. The molecule has 0 unspecified atom stereocenters. The fraction of sp³-hybridized carbons (Fsp3) is 0.692. The van der Waals surface area contributed by atoms with E-state index in [-0.39, 0.29) is 11.1 Å². The Morgan fingerprint density at radius 2 is 1.14 bits per heavy atom. The molecular formula is C26H45NO7S. The molecule has 0 amide bonds. The molecule has 0 aliphatic carbocycles. The summed E-state index contributed by atoms with van der Waals surface area (Å²) in [5, 5.41) is 19.7. The molecule has 9 heteroatoms. The topological polar surface area (TPSA) is 132 Å². The largest absolute Gasteiger partial charge is 0.545 e. The molecule has 0 radical (unpaired) electrons. The highest BCUT2D eigenvalue weighted by Crippen LogP contribution is 2.26. The zero-order valence-corrected chi connectivity index (χ0v) is 23.2. The molecule has 0 saturated carbocycles. The highest BCUT2D eigenvalue weighted by molar-refractivity contribution is 7.86. The lowest BCUT2D eigenvalue weighted by Crippen LogP contribution is -2.50. The molecule has 0 aliphatic rings. The molecule has 202 valence electrons. The van der Waals surface area contributed by atoms with Crippen LogP contribution < -0.4 is 5.11 Å². The minimum absolute atomic E-state index is 0.229. The zero-order valence-electron chi connectivity index (χ0n) is 22.4. The van der Waals surface area contributed by atoms with Gasteiger partial charge in [0.25, 0.3) is 10.1 Å². The van der Waals surface area contributed by atoms with Crippen LogP contribution in [0.5, 0.6) is 0 Å². The van der Waals surface area contributed by atoms with Gasteiger partial charge < -0.3 is 19.5 Å². The minimum Gasteiger partial charge on any atom is -0.545 e. The number of carbonyl (C=O) groups is 2. The Hall–Kier alpha value is -1.97. The van der Waals surface area contributed by atoms with Crippen molar-refractivity contribution in [3.05, 3.63) is 28.3 Å². The van der Waals surface area contributed by atoms with Gasteiger partial charge in [0.05, 0.1) is 37.7 Å². The first-order valence-corrected chi connectivity index (χ1v) is 14.2. The molecule has 0 atom stereocenters. The van der Waals surface area contributed by atoms with Crippen LogP contribution >= 0.6 is 0 Å². The van der Waals surface area contributed by atoms with Crippen molar-refractivity contribution in [1.29, 1.82) is 0 Å². The van der Waals surface area contributed by atoms with Crippen LogP contribution in [-0.2, 0) is 10.1 Å². The van der Waals surface area contributed by atoms with E-state index in [9.17, 15) is 23.1 Å². The Morgan fingerprint density at radius 1 is 0.800 bits per heavy atom. The second kappa shape index (κ2) is 15.9. The van der Waals surface area contributed by atoms with Gasteiger partial charge in [-0.05, 0) is 56.7 Å². The van der Waals surface area contributed by atoms with Crippen LogP contribution in [0.25, 0.3) is 0 Å². The average molecular weight is 516 g/mol. The summed E-state index contributed by atoms with van der Waals surface area (Å²) in [4.78, 5) is 21.0. The Balaban J connectivity index is 0.000000662. The molecule has 35 heavy (non-hydrogen) atoms. The molecular weight excluding hydrogens is 470 g/mol. The molecule has 1 rings (SSSR count). The van der Waals surface area contributed by atoms with Gasteiger partial charge in [0.1, 0.15) is 4.90 Å². The second-order valence-electron chi connectivity index (χ2n) is 9.27. The number of benzene rings is 1. The van der Waals surface area contributed by atoms with E-state index in [1.165, 1.54) is 89.0 Å². The molecule has 0 fully saturated rings. The molecule has 0 heterocycles. The van der Waals surface area contributed by atoms with Crippen molar-refractivity contribution in [2.75, 3.05) is 26.2 Å². The van der Waals surface area contributed by atoms with Gasteiger partial charge in [-0.25, -0.2) is 4.79 Å². The number of carbonyl (C=O) groups excluding carboxylic acids is 1. The first kappa shape index (κ1) is 33.0. The number of carboxylic acid groups (broad SMARTS) is 2.